The van der Waals surface area contributed by atoms with Gasteiger partial charge in [-0.15, -0.1) is 6.58 Å². The lowest BCUT2D eigenvalue weighted by Gasteiger charge is -2.28. The molecule has 0 bridgehead atoms. The molecule has 40 heavy (non-hydrogen) atoms. The summed E-state index contributed by atoms with van der Waals surface area (Å²) in [5.41, 5.74) is 4.78. The van der Waals surface area contributed by atoms with Crippen LogP contribution in [-0.4, -0.2) is 8.40 Å². The van der Waals surface area contributed by atoms with Crippen LogP contribution in [0.15, 0.2) is 97.2 Å². The Hall–Kier alpha value is -6.00. The van der Waals surface area contributed by atoms with Crippen molar-refractivity contribution in [3.05, 3.63) is 119 Å². The molecule has 8 nitrogen and oxygen atoms in total. The Morgan fingerprint density at radius 2 is 0.925 bits per heavy atom. The number of hydrogen-bond acceptors (Lipinski definition) is 8. The third-order valence-corrected chi connectivity index (χ3v) is 8.29. The Bertz CT molecular complexity index is 1600. The molecular formula is C31H22N6O2Si. The van der Waals surface area contributed by atoms with Crippen molar-refractivity contribution in [2.45, 2.75) is 6.55 Å². The van der Waals surface area contributed by atoms with E-state index in [-0.39, 0.29) is 11.1 Å². The van der Waals surface area contributed by atoms with Gasteiger partial charge in [0.05, 0.1) is 22.3 Å². The number of benzene rings is 4. The smallest absolute Gasteiger partial charge is 0.281 e. The van der Waals surface area contributed by atoms with Crippen LogP contribution >= 0.6 is 0 Å². The fraction of sp³-hybridized carbons (Fsp3) is 0.0323. The molecule has 0 amide bonds. The van der Waals surface area contributed by atoms with Gasteiger partial charge in [-0.3, -0.25) is 0 Å². The summed E-state index contributed by atoms with van der Waals surface area (Å²) in [6.07, 6.45) is 0. The van der Waals surface area contributed by atoms with E-state index in [1.54, 1.807) is 36.4 Å². The second kappa shape index (κ2) is 12.0. The Balaban J connectivity index is 1.39. The molecule has 4 rings (SSSR count). The van der Waals surface area contributed by atoms with Crippen LogP contribution in [-0.2, 0) is 0 Å². The van der Waals surface area contributed by atoms with Crippen LogP contribution in [0, 0.1) is 45.3 Å². The van der Waals surface area contributed by atoms with Gasteiger partial charge in [-0.05, 0) is 91.5 Å². The summed E-state index contributed by atoms with van der Waals surface area (Å²) in [5.74, 6) is 2.13. The quantitative estimate of drug-likeness (QED) is 0.216. The van der Waals surface area contributed by atoms with Crippen LogP contribution in [0.2, 0.25) is 6.55 Å². The van der Waals surface area contributed by atoms with Gasteiger partial charge in [0.2, 0.25) is 0 Å². The molecule has 0 radical (unpaired) electrons. The first-order valence-corrected chi connectivity index (χ1v) is 14.6. The van der Waals surface area contributed by atoms with Gasteiger partial charge in [-0.2, -0.15) is 21.0 Å². The van der Waals surface area contributed by atoms with E-state index >= 15 is 0 Å². The predicted octanol–water partition coefficient (Wildman–Crippen LogP) is 7.08. The highest BCUT2D eigenvalue weighted by atomic mass is 28.3. The average Bonchev–Trinajstić information content (AvgIpc) is 2.99. The Morgan fingerprint density at radius 1 is 0.575 bits per heavy atom. The van der Waals surface area contributed by atoms with Crippen LogP contribution in [0.1, 0.15) is 22.3 Å². The van der Waals surface area contributed by atoms with Crippen molar-refractivity contribution in [2.24, 2.45) is 0 Å². The standard InChI is InChI=1S/C31H22N6O2Si/c1-3-40(2,36-26-6-12-28(13-7-26)38-30-10-4-22(18-32)24(16-30)20-34)37-27-8-14-29(15-9-27)39-31-11-5-23(19-33)25(17-31)21-35/h3-17,36-37H,1H2,2H3. The molecule has 2 N–H and O–H groups in total. The highest BCUT2D eigenvalue weighted by molar-refractivity contribution is 6.88. The van der Waals surface area contributed by atoms with Crippen molar-refractivity contribution in [3.8, 4) is 47.3 Å². The second-order valence-electron chi connectivity index (χ2n) is 8.77. The molecule has 0 aliphatic rings. The lowest BCUT2D eigenvalue weighted by atomic mass is 10.1. The van der Waals surface area contributed by atoms with E-state index in [1.807, 2.05) is 78.5 Å². The number of nitrogens with one attached hydrogen (secondary N) is 2. The van der Waals surface area contributed by atoms with Crippen molar-refractivity contribution >= 4 is 19.8 Å². The highest BCUT2D eigenvalue weighted by Gasteiger charge is 2.24. The van der Waals surface area contributed by atoms with Crippen molar-refractivity contribution in [1.82, 2.24) is 0 Å². The molecule has 0 spiro atoms. The molecule has 0 aliphatic heterocycles. The van der Waals surface area contributed by atoms with Crippen LogP contribution in [0.25, 0.3) is 0 Å². The summed E-state index contributed by atoms with van der Waals surface area (Å²) < 4.78 is 11.7. The lowest BCUT2D eigenvalue weighted by molar-refractivity contribution is 0.482. The molecule has 0 unspecified atom stereocenters. The molecule has 4 aromatic carbocycles. The number of ether oxygens (including phenoxy) is 2. The Kier molecular flexibility index (Phi) is 8.13. The largest absolute Gasteiger partial charge is 0.457 e. The van der Waals surface area contributed by atoms with E-state index in [1.165, 1.54) is 0 Å². The molecule has 9 heteroatoms. The molecule has 0 saturated carbocycles. The zero-order valence-corrected chi connectivity index (χ0v) is 22.5. The van der Waals surface area contributed by atoms with Crippen LogP contribution in [0.5, 0.6) is 23.0 Å². The summed E-state index contributed by atoms with van der Waals surface area (Å²) in [4.78, 5) is 7.09. The van der Waals surface area contributed by atoms with Gasteiger partial charge < -0.3 is 19.4 Å². The maximum Gasteiger partial charge on any atom is 0.281 e. The SMILES string of the molecule is C=C[Si](C)(Nc1ccc(Oc2ccc(C#N)c(C#N)c2)cc1)Nc1ccc(Oc2ccc(C#N)c(C#N)c2)cc1. The number of rotatable bonds is 9. The molecule has 0 heterocycles. The normalized spacial score (nSPS) is 10.1. The highest BCUT2D eigenvalue weighted by Crippen LogP contribution is 2.28. The van der Waals surface area contributed by atoms with Gasteiger partial charge in [0.25, 0.3) is 8.40 Å². The van der Waals surface area contributed by atoms with Crippen LogP contribution in [0.4, 0.5) is 11.4 Å². The van der Waals surface area contributed by atoms with E-state index in [0.29, 0.717) is 34.1 Å². The van der Waals surface area contributed by atoms with Gasteiger partial charge in [0.15, 0.2) is 0 Å². The first-order valence-electron chi connectivity index (χ1n) is 12.0. The van der Waals surface area contributed by atoms with Gasteiger partial charge in [0.1, 0.15) is 47.3 Å². The third kappa shape index (κ3) is 6.46. The molecular weight excluding hydrogens is 516 g/mol. The summed E-state index contributed by atoms with van der Waals surface area (Å²) >= 11 is 0. The summed E-state index contributed by atoms with van der Waals surface area (Å²) in [7, 11) is -2.39. The summed E-state index contributed by atoms with van der Waals surface area (Å²) in [6.45, 7) is 6.10. The predicted molar refractivity (Wildman–Crippen MR) is 154 cm³/mol. The van der Waals surface area contributed by atoms with Crippen LogP contribution in [0.3, 0.4) is 0 Å². The maximum absolute atomic E-state index is 9.22. The number of nitrogens with zero attached hydrogens (tertiary/aromatic N) is 4. The first kappa shape index (κ1) is 27.0. The molecule has 4 aromatic rings. The minimum Gasteiger partial charge on any atom is -0.457 e. The fourth-order valence-corrected chi connectivity index (χ4v) is 5.57. The number of anilines is 2. The minimum atomic E-state index is -2.39. The molecule has 0 aliphatic carbocycles. The number of hydrogen-bond donors (Lipinski definition) is 2. The van der Waals surface area contributed by atoms with Crippen LogP contribution < -0.4 is 19.4 Å². The van der Waals surface area contributed by atoms with E-state index in [4.69, 9.17) is 20.0 Å². The molecule has 0 saturated heterocycles. The summed E-state index contributed by atoms with van der Waals surface area (Å²) in [6, 6.07) is 32.3. The van der Waals surface area contributed by atoms with E-state index < -0.39 is 8.40 Å². The molecule has 192 valence electrons. The van der Waals surface area contributed by atoms with Crippen molar-refractivity contribution in [1.29, 1.82) is 21.0 Å². The topological polar surface area (TPSA) is 138 Å². The van der Waals surface area contributed by atoms with Crippen molar-refractivity contribution < 1.29 is 9.47 Å². The van der Waals surface area contributed by atoms with E-state index in [2.05, 4.69) is 23.1 Å². The fourth-order valence-electron chi connectivity index (χ4n) is 3.77. The average molecular weight is 539 g/mol. The first-order chi connectivity index (χ1) is 19.4. The van der Waals surface area contributed by atoms with Gasteiger partial charge in [-0.1, -0.05) is 5.70 Å². The zero-order valence-electron chi connectivity index (χ0n) is 21.5. The third-order valence-electron chi connectivity index (χ3n) is 5.86. The molecule has 0 fully saturated rings. The number of nitriles is 4. The zero-order chi connectivity index (χ0) is 28.5. The second-order valence-corrected chi connectivity index (χ2v) is 12.1. The molecule has 0 atom stereocenters. The van der Waals surface area contributed by atoms with Gasteiger partial charge >= 0.3 is 0 Å². The maximum atomic E-state index is 9.22. The van der Waals surface area contributed by atoms with Crippen molar-refractivity contribution in [2.75, 3.05) is 9.96 Å². The summed E-state index contributed by atoms with van der Waals surface area (Å²) in [5, 5.41) is 36.6. The van der Waals surface area contributed by atoms with E-state index in [0.717, 1.165) is 11.4 Å². The van der Waals surface area contributed by atoms with Gasteiger partial charge in [-0.25, -0.2) is 0 Å². The minimum absolute atomic E-state index is 0.263. The van der Waals surface area contributed by atoms with Gasteiger partial charge in [0, 0.05) is 11.4 Å². The Morgan fingerprint density at radius 3 is 1.25 bits per heavy atom. The lowest BCUT2D eigenvalue weighted by Crippen LogP contribution is -2.47. The molecule has 0 aromatic heterocycles. The van der Waals surface area contributed by atoms with Crippen molar-refractivity contribution in [3.63, 3.8) is 0 Å². The Labute approximate surface area is 233 Å². The monoisotopic (exact) mass is 538 g/mol. The van der Waals surface area contributed by atoms with E-state index in [9.17, 15) is 10.5 Å².